The van der Waals surface area contributed by atoms with Crippen LogP contribution in [0, 0.1) is 39.9 Å². The lowest BCUT2D eigenvalue weighted by atomic mass is 9.37. The third-order valence-electron chi connectivity index (χ3n) is 9.60. The van der Waals surface area contributed by atoms with Gasteiger partial charge in [0.05, 0.1) is 0 Å². The summed E-state index contributed by atoms with van der Waals surface area (Å²) in [6.07, 6.45) is 13.4. The topological polar surface area (TPSA) is 0 Å². The zero-order valence-corrected chi connectivity index (χ0v) is 16.2. The van der Waals surface area contributed by atoms with Gasteiger partial charge < -0.3 is 0 Å². The van der Waals surface area contributed by atoms with Crippen LogP contribution in [0.5, 0.6) is 0 Å². The van der Waals surface area contributed by atoms with Crippen LogP contribution in [-0.4, -0.2) is 0 Å². The van der Waals surface area contributed by atoms with Crippen molar-refractivity contribution in [1.29, 1.82) is 0 Å². The zero-order chi connectivity index (χ0) is 16.2. The van der Waals surface area contributed by atoms with Gasteiger partial charge in [0.2, 0.25) is 0 Å². The summed E-state index contributed by atoms with van der Waals surface area (Å²) in [4.78, 5) is 0. The molecule has 0 heteroatoms. The summed E-state index contributed by atoms with van der Waals surface area (Å²) in [5, 5.41) is 0. The van der Waals surface area contributed by atoms with E-state index in [1.807, 2.05) is 0 Å². The molecule has 0 saturated heterocycles. The summed E-state index contributed by atoms with van der Waals surface area (Å²) < 4.78 is 0. The Morgan fingerprint density at radius 2 is 1.68 bits per heavy atom. The second kappa shape index (κ2) is 5.52. The van der Waals surface area contributed by atoms with Crippen molar-refractivity contribution in [2.75, 3.05) is 0 Å². The van der Waals surface area contributed by atoms with Crippen molar-refractivity contribution in [3.8, 4) is 0 Å². The van der Waals surface area contributed by atoms with E-state index in [4.69, 9.17) is 0 Å². The average molecular weight is 305 g/mol. The molecule has 0 aliphatic heterocycles. The van der Waals surface area contributed by atoms with E-state index in [0.717, 1.165) is 23.7 Å². The Bertz CT molecular complexity index is 410. The van der Waals surface area contributed by atoms with Gasteiger partial charge in [-0.2, -0.15) is 0 Å². The summed E-state index contributed by atoms with van der Waals surface area (Å²) in [7, 11) is 0. The molecule has 0 amide bonds. The highest BCUT2D eigenvalue weighted by Crippen LogP contribution is 2.71. The van der Waals surface area contributed by atoms with Crippen molar-refractivity contribution >= 4 is 0 Å². The first-order chi connectivity index (χ1) is 10.3. The highest BCUT2D eigenvalue weighted by atomic mass is 14.7. The number of hydrogen-bond donors (Lipinski definition) is 0. The fraction of sp³-hybridized carbons (Fsp3) is 1.00. The number of hydrogen-bond acceptors (Lipinski definition) is 0. The van der Waals surface area contributed by atoms with Crippen molar-refractivity contribution in [2.45, 2.75) is 99.3 Å². The second-order valence-corrected chi connectivity index (χ2v) is 10.2. The lowest BCUT2D eigenvalue weighted by Gasteiger charge is -2.68. The average Bonchev–Trinajstić information content (AvgIpc) is 2.49. The van der Waals surface area contributed by atoms with Crippen LogP contribution in [-0.2, 0) is 0 Å². The molecule has 3 fully saturated rings. The van der Waals surface area contributed by atoms with Gasteiger partial charge in [-0.25, -0.2) is 0 Å². The summed E-state index contributed by atoms with van der Waals surface area (Å²) in [6, 6.07) is 0. The standard InChI is InChI=1S/C22H40/c1-7-20(4)12-8-13-21(5)19-10-9-17(16(2)3)15-18(19)11-14-22(20,21)6/h16-19H,7-15H2,1-6H3/t17?,18?,19?,20-,21?,22+/m1/s1. The molecule has 0 spiro atoms. The van der Waals surface area contributed by atoms with Crippen molar-refractivity contribution < 1.29 is 0 Å². The summed E-state index contributed by atoms with van der Waals surface area (Å²) in [6.45, 7) is 15.4. The van der Waals surface area contributed by atoms with Gasteiger partial charge in [0.1, 0.15) is 0 Å². The Labute approximate surface area is 139 Å². The highest BCUT2D eigenvalue weighted by Gasteiger charge is 2.62. The molecule has 0 aromatic rings. The lowest BCUT2D eigenvalue weighted by molar-refractivity contribution is -0.189. The van der Waals surface area contributed by atoms with Crippen molar-refractivity contribution in [2.24, 2.45) is 39.9 Å². The van der Waals surface area contributed by atoms with Crippen molar-refractivity contribution in [1.82, 2.24) is 0 Å². The van der Waals surface area contributed by atoms with Crippen molar-refractivity contribution in [3.63, 3.8) is 0 Å². The SMILES string of the molecule is CC[C@]1(C)CCCC2(C)C3CCC(C(C)C)CC3CC[C@]21C. The fourth-order valence-corrected chi connectivity index (χ4v) is 7.37. The van der Waals surface area contributed by atoms with Crippen molar-refractivity contribution in [3.05, 3.63) is 0 Å². The maximum Gasteiger partial charge on any atom is -0.0215 e. The molecule has 0 aromatic carbocycles. The van der Waals surface area contributed by atoms with Crippen LogP contribution in [0.15, 0.2) is 0 Å². The Morgan fingerprint density at radius 3 is 2.32 bits per heavy atom. The van der Waals surface area contributed by atoms with Gasteiger partial charge >= 0.3 is 0 Å². The summed E-state index contributed by atoms with van der Waals surface area (Å²) >= 11 is 0. The normalized spacial score (nSPS) is 52.2. The Hall–Kier alpha value is 0. The van der Waals surface area contributed by atoms with E-state index in [-0.39, 0.29) is 0 Å². The lowest BCUT2D eigenvalue weighted by Crippen LogP contribution is -2.60. The van der Waals surface area contributed by atoms with E-state index in [1.54, 1.807) is 0 Å². The molecular formula is C22H40. The molecule has 3 rings (SSSR count). The molecule has 0 nitrogen and oxygen atoms in total. The molecule has 0 aromatic heterocycles. The number of rotatable bonds is 2. The molecule has 3 saturated carbocycles. The van der Waals surface area contributed by atoms with Crippen LogP contribution >= 0.6 is 0 Å². The van der Waals surface area contributed by atoms with Crippen LogP contribution in [0.3, 0.4) is 0 Å². The molecule has 3 aliphatic carbocycles. The Morgan fingerprint density at radius 1 is 0.955 bits per heavy atom. The molecule has 0 heterocycles. The van der Waals surface area contributed by atoms with E-state index < -0.39 is 0 Å². The molecule has 128 valence electrons. The van der Waals surface area contributed by atoms with E-state index in [0.29, 0.717) is 16.2 Å². The molecule has 3 aliphatic rings. The van der Waals surface area contributed by atoms with Crippen LogP contribution in [0.4, 0.5) is 0 Å². The highest BCUT2D eigenvalue weighted by molar-refractivity contribution is 5.12. The third kappa shape index (κ3) is 2.15. The van der Waals surface area contributed by atoms with Gasteiger partial charge in [0.25, 0.3) is 0 Å². The van der Waals surface area contributed by atoms with Crippen LogP contribution < -0.4 is 0 Å². The van der Waals surface area contributed by atoms with Gasteiger partial charge in [-0.1, -0.05) is 54.4 Å². The van der Waals surface area contributed by atoms with Gasteiger partial charge in [0, 0.05) is 0 Å². The Balaban J connectivity index is 1.90. The van der Waals surface area contributed by atoms with E-state index in [9.17, 15) is 0 Å². The Kier molecular flexibility index (Phi) is 4.23. The van der Waals surface area contributed by atoms with Crippen LogP contribution in [0.25, 0.3) is 0 Å². The van der Waals surface area contributed by atoms with E-state index >= 15 is 0 Å². The van der Waals surface area contributed by atoms with Gasteiger partial charge in [-0.3, -0.25) is 0 Å². The minimum Gasteiger partial charge on any atom is -0.0648 e. The third-order valence-corrected chi connectivity index (χ3v) is 9.60. The molecular weight excluding hydrogens is 264 g/mol. The van der Waals surface area contributed by atoms with Crippen LogP contribution in [0.1, 0.15) is 99.3 Å². The van der Waals surface area contributed by atoms with E-state index in [2.05, 4.69) is 41.5 Å². The minimum atomic E-state index is 0.582. The molecule has 0 bridgehead atoms. The maximum atomic E-state index is 2.71. The fourth-order valence-electron chi connectivity index (χ4n) is 7.37. The smallest absolute Gasteiger partial charge is 0.0215 e. The molecule has 0 radical (unpaired) electrons. The molecule has 6 atom stereocenters. The summed E-state index contributed by atoms with van der Waals surface area (Å²) in [5.74, 6) is 3.97. The van der Waals surface area contributed by atoms with Gasteiger partial charge in [0.15, 0.2) is 0 Å². The first-order valence-electron chi connectivity index (χ1n) is 10.3. The monoisotopic (exact) mass is 304 g/mol. The predicted molar refractivity (Wildman–Crippen MR) is 96.9 cm³/mol. The van der Waals surface area contributed by atoms with E-state index in [1.165, 1.54) is 57.8 Å². The van der Waals surface area contributed by atoms with Crippen LogP contribution in [0.2, 0.25) is 0 Å². The minimum absolute atomic E-state index is 0.582. The second-order valence-electron chi connectivity index (χ2n) is 10.2. The first-order valence-corrected chi connectivity index (χ1v) is 10.3. The maximum absolute atomic E-state index is 2.71. The molecule has 4 unspecified atom stereocenters. The first kappa shape index (κ1) is 16.8. The van der Waals surface area contributed by atoms with Gasteiger partial charge in [-0.05, 0) is 84.9 Å². The predicted octanol–water partition coefficient (Wildman–Crippen LogP) is 7.08. The molecule has 22 heavy (non-hydrogen) atoms. The largest absolute Gasteiger partial charge is 0.0648 e. The van der Waals surface area contributed by atoms with Gasteiger partial charge in [-0.15, -0.1) is 0 Å². The quantitative estimate of drug-likeness (QED) is 0.511. The number of fused-ring (bicyclic) bond motifs is 3. The molecule has 0 N–H and O–H groups in total. The summed E-state index contributed by atoms with van der Waals surface area (Å²) in [5.41, 5.74) is 1.78. The zero-order valence-electron chi connectivity index (χ0n) is 16.2.